The Morgan fingerprint density at radius 3 is 2.83 bits per heavy atom. The molecule has 2 N–H and O–H groups in total. The van der Waals surface area contributed by atoms with Crippen molar-refractivity contribution in [2.75, 3.05) is 6.54 Å². The van der Waals surface area contributed by atoms with Gasteiger partial charge in [-0.15, -0.1) is 0 Å². The predicted octanol–water partition coefficient (Wildman–Crippen LogP) is 3.81. The average Bonchev–Trinajstić information content (AvgIpc) is 3.18. The van der Waals surface area contributed by atoms with Crippen molar-refractivity contribution in [3.05, 3.63) is 71.6 Å². The van der Waals surface area contributed by atoms with E-state index in [4.69, 9.17) is 8.83 Å². The second-order valence-electron chi connectivity index (χ2n) is 5.39. The summed E-state index contributed by atoms with van der Waals surface area (Å²) in [5.74, 6) is 1.72. The molecule has 0 spiro atoms. The zero-order valence-electron chi connectivity index (χ0n) is 12.8. The van der Waals surface area contributed by atoms with Gasteiger partial charge in [-0.2, -0.15) is 0 Å². The maximum Gasteiger partial charge on any atom is 0.134 e. The summed E-state index contributed by atoms with van der Waals surface area (Å²) in [6.07, 6.45) is 0.835. The largest absolute Gasteiger partial charge is 0.467 e. The molecule has 0 aliphatic rings. The summed E-state index contributed by atoms with van der Waals surface area (Å²) in [5, 5.41) is 13.0. The van der Waals surface area contributed by atoms with Gasteiger partial charge in [-0.05, 0) is 55.0 Å². The molecule has 0 amide bonds. The van der Waals surface area contributed by atoms with Gasteiger partial charge in [-0.25, -0.2) is 4.39 Å². The molecule has 1 unspecified atom stereocenters. The minimum atomic E-state index is -0.696. The molecule has 23 heavy (non-hydrogen) atoms. The van der Waals surface area contributed by atoms with E-state index >= 15 is 0 Å². The Labute approximate surface area is 133 Å². The molecule has 4 nitrogen and oxygen atoms in total. The molecule has 0 radical (unpaired) electrons. The molecule has 0 fully saturated rings. The molecule has 2 aromatic heterocycles. The summed E-state index contributed by atoms with van der Waals surface area (Å²) >= 11 is 0. The maximum absolute atomic E-state index is 13.2. The molecular weight excluding hydrogens is 297 g/mol. The van der Waals surface area contributed by atoms with E-state index in [0.29, 0.717) is 24.6 Å². The van der Waals surface area contributed by atoms with Crippen LogP contribution in [0.25, 0.3) is 11.3 Å². The molecular formula is C18H18FNO3. The Hall–Kier alpha value is -2.37. The molecule has 0 saturated heterocycles. The summed E-state index contributed by atoms with van der Waals surface area (Å²) < 4.78 is 24.1. The van der Waals surface area contributed by atoms with Gasteiger partial charge < -0.3 is 19.3 Å². The van der Waals surface area contributed by atoms with Crippen molar-refractivity contribution >= 4 is 0 Å². The lowest BCUT2D eigenvalue weighted by Gasteiger charge is -2.08. The molecule has 1 atom stereocenters. The van der Waals surface area contributed by atoms with Crippen LogP contribution in [0.4, 0.5) is 4.39 Å². The highest BCUT2D eigenvalue weighted by Gasteiger charge is 2.11. The Morgan fingerprint density at radius 2 is 2.09 bits per heavy atom. The van der Waals surface area contributed by atoms with Crippen molar-refractivity contribution in [3.63, 3.8) is 0 Å². The number of halogens is 1. The molecule has 2 heterocycles. The van der Waals surface area contributed by atoms with Crippen LogP contribution in [0.5, 0.6) is 0 Å². The van der Waals surface area contributed by atoms with Gasteiger partial charge >= 0.3 is 0 Å². The summed E-state index contributed by atoms with van der Waals surface area (Å²) in [7, 11) is 0. The lowest BCUT2D eigenvalue weighted by Crippen LogP contribution is -2.20. The van der Waals surface area contributed by atoms with Gasteiger partial charge in [0.05, 0.1) is 12.8 Å². The maximum atomic E-state index is 13.2. The smallest absolute Gasteiger partial charge is 0.134 e. The fourth-order valence-corrected chi connectivity index (χ4v) is 2.43. The van der Waals surface area contributed by atoms with Crippen molar-refractivity contribution in [1.29, 1.82) is 0 Å². The highest BCUT2D eigenvalue weighted by atomic mass is 19.1. The number of benzene rings is 1. The SMILES string of the molecule is Cc1cc(F)ccc1-c1ccc(CNCC(O)c2ccco2)o1. The van der Waals surface area contributed by atoms with Crippen molar-refractivity contribution in [2.24, 2.45) is 0 Å². The predicted molar refractivity (Wildman–Crippen MR) is 84.2 cm³/mol. The van der Waals surface area contributed by atoms with Gasteiger partial charge in [0.2, 0.25) is 0 Å². The number of hydrogen-bond donors (Lipinski definition) is 2. The lowest BCUT2D eigenvalue weighted by atomic mass is 10.1. The number of aliphatic hydroxyl groups is 1. The van der Waals surface area contributed by atoms with E-state index in [9.17, 15) is 9.50 Å². The van der Waals surface area contributed by atoms with Crippen molar-refractivity contribution in [1.82, 2.24) is 5.32 Å². The molecule has 3 aromatic rings. The van der Waals surface area contributed by atoms with Gasteiger partial charge in [0.15, 0.2) is 0 Å². The van der Waals surface area contributed by atoms with Crippen LogP contribution in [0.15, 0.2) is 57.6 Å². The van der Waals surface area contributed by atoms with Gasteiger partial charge in [-0.1, -0.05) is 0 Å². The van der Waals surface area contributed by atoms with Crippen LogP contribution in [-0.4, -0.2) is 11.7 Å². The van der Waals surface area contributed by atoms with Gasteiger partial charge in [-0.3, -0.25) is 0 Å². The number of rotatable bonds is 6. The second-order valence-corrected chi connectivity index (χ2v) is 5.39. The highest BCUT2D eigenvalue weighted by Crippen LogP contribution is 2.26. The Kier molecular flexibility index (Phi) is 4.60. The molecule has 5 heteroatoms. The summed E-state index contributed by atoms with van der Waals surface area (Å²) in [5.41, 5.74) is 1.69. The number of aryl methyl sites for hydroxylation is 1. The molecule has 0 aliphatic carbocycles. The van der Waals surface area contributed by atoms with Crippen LogP contribution >= 0.6 is 0 Å². The van der Waals surface area contributed by atoms with Crippen LogP contribution < -0.4 is 5.32 Å². The quantitative estimate of drug-likeness (QED) is 0.726. The van der Waals surface area contributed by atoms with Crippen LogP contribution in [0.3, 0.4) is 0 Å². The third-order valence-corrected chi connectivity index (χ3v) is 3.62. The number of nitrogens with one attached hydrogen (secondary N) is 1. The van der Waals surface area contributed by atoms with E-state index in [1.54, 1.807) is 18.2 Å². The number of furan rings is 2. The molecule has 0 aliphatic heterocycles. The monoisotopic (exact) mass is 315 g/mol. The molecule has 0 saturated carbocycles. The first kappa shape index (κ1) is 15.5. The highest BCUT2D eigenvalue weighted by molar-refractivity contribution is 5.62. The molecule has 0 bridgehead atoms. The van der Waals surface area contributed by atoms with Crippen LogP contribution in [0, 0.1) is 12.7 Å². The standard InChI is InChI=1S/C18H18FNO3/c1-12-9-13(19)4-6-15(12)17-7-5-14(23-17)10-20-11-16(21)18-3-2-8-22-18/h2-9,16,20-21H,10-11H2,1H3. The van der Waals surface area contributed by atoms with Crippen molar-refractivity contribution in [3.8, 4) is 11.3 Å². The number of aliphatic hydroxyl groups excluding tert-OH is 1. The Balaban J connectivity index is 1.59. The first-order valence-electron chi connectivity index (χ1n) is 7.41. The lowest BCUT2D eigenvalue weighted by molar-refractivity contribution is 0.146. The van der Waals surface area contributed by atoms with E-state index in [0.717, 1.165) is 16.9 Å². The van der Waals surface area contributed by atoms with Crippen LogP contribution in [0.2, 0.25) is 0 Å². The average molecular weight is 315 g/mol. The zero-order valence-corrected chi connectivity index (χ0v) is 12.8. The summed E-state index contributed by atoms with van der Waals surface area (Å²) in [4.78, 5) is 0. The topological polar surface area (TPSA) is 58.5 Å². The van der Waals surface area contributed by atoms with E-state index in [-0.39, 0.29) is 5.82 Å². The third-order valence-electron chi connectivity index (χ3n) is 3.62. The van der Waals surface area contributed by atoms with Gasteiger partial charge in [0, 0.05) is 12.1 Å². The molecule has 1 aromatic carbocycles. The minimum Gasteiger partial charge on any atom is -0.467 e. The fourth-order valence-electron chi connectivity index (χ4n) is 2.43. The minimum absolute atomic E-state index is 0.258. The van der Waals surface area contributed by atoms with Gasteiger partial charge in [0.1, 0.15) is 29.2 Å². The Bertz CT molecular complexity index is 764. The van der Waals surface area contributed by atoms with E-state index in [1.807, 2.05) is 19.1 Å². The molecule has 120 valence electrons. The van der Waals surface area contributed by atoms with Crippen molar-refractivity contribution in [2.45, 2.75) is 19.6 Å². The fraction of sp³-hybridized carbons (Fsp3) is 0.222. The second kappa shape index (κ2) is 6.81. The zero-order chi connectivity index (χ0) is 16.2. The van der Waals surface area contributed by atoms with E-state index in [1.165, 1.54) is 18.4 Å². The Morgan fingerprint density at radius 1 is 1.22 bits per heavy atom. The van der Waals surface area contributed by atoms with Gasteiger partial charge in [0.25, 0.3) is 0 Å². The van der Waals surface area contributed by atoms with Crippen LogP contribution in [0.1, 0.15) is 23.2 Å². The normalized spacial score (nSPS) is 12.5. The van der Waals surface area contributed by atoms with Crippen molar-refractivity contribution < 1.29 is 18.3 Å². The van der Waals surface area contributed by atoms with E-state index < -0.39 is 6.10 Å². The summed E-state index contributed by atoms with van der Waals surface area (Å²) in [6.45, 7) is 2.69. The summed E-state index contributed by atoms with van der Waals surface area (Å²) in [6, 6.07) is 11.8. The van der Waals surface area contributed by atoms with Crippen LogP contribution in [-0.2, 0) is 6.54 Å². The number of hydrogen-bond acceptors (Lipinski definition) is 4. The third kappa shape index (κ3) is 3.70. The first-order valence-corrected chi connectivity index (χ1v) is 7.41. The molecule has 3 rings (SSSR count). The van der Waals surface area contributed by atoms with E-state index in [2.05, 4.69) is 5.32 Å². The first-order chi connectivity index (χ1) is 11.1.